The maximum atomic E-state index is 10.2. The lowest BCUT2D eigenvalue weighted by Gasteiger charge is -1.98. The number of carbonyl (C=O) groups is 1. The summed E-state index contributed by atoms with van der Waals surface area (Å²) in [4.78, 5) is 14.4. The molecule has 0 saturated carbocycles. The highest BCUT2D eigenvalue weighted by Gasteiger charge is 2.02. The predicted octanol–water partition coefficient (Wildman–Crippen LogP) is 1.35. The molecule has 1 aromatic carbocycles. The lowest BCUT2D eigenvalue weighted by molar-refractivity contribution is -0.105. The number of amides is 1. The van der Waals surface area contributed by atoms with Crippen molar-refractivity contribution in [3.8, 4) is 11.4 Å². The number of benzene rings is 1. The van der Waals surface area contributed by atoms with Crippen LogP contribution < -0.4 is 5.32 Å². The van der Waals surface area contributed by atoms with Crippen LogP contribution in [0, 0.1) is 6.92 Å². The quantitative estimate of drug-likeness (QED) is 0.738. The number of nitrogens with one attached hydrogen (secondary N) is 2. The van der Waals surface area contributed by atoms with Crippen molar-refractivity contribution >= 4 is 12.1 Å². The van der Waals surface area contributed by atoms with E-state index in [-0.39, 0.29) is 0 Å². The van der Waals surface area contributed by atoms with Crippen LogP contribution in [-0.2, 0) is 4.79 Å². The van der Waals surface area contributed by atoms with Crippen molar-refractivity contribution in [1.82, 2.24) is 15.2 Å². The molecule has 15 heavy (non-hydrogen) atoms. The number of hydrogen-bond donors (Lipinski definition) is 2. The highest BCUT2D eigenvalue weighted by atomic mass is 16.1. The summed E-state index contributed by atoms with van der Waals surface area (Å²) >= 11 is 0. The molecule has 76 valence electrons. The smallest absolute Gasteiger partial charge is 0.211 e. The lowest BCUT2D eigenvalue weighted by atomic mass is 10.2. The highest BCUT2D eigenvalue weighted by molar-refractivity contribution is 5.72. The highest BCUT2D eigenvalue weighted by Crippen LogP contribution is 2.17. The zero-order chi connectivity index (χ0) is 10.7. The number of hydrogen-bond acceptors (Lipinski definition) is 3. The van der Waals surface area contributed by atoms with Crippen LogP contribution in [0.1, 0.15) is 5.82 Å². The summed E-state index contributed by atoms with van der Waals surface area (Å²) in [7, 11) is 0. The van der Waals surface area contributed by atoms with E-state index in [1.807, 2.05) is 19.1 Å². The van der Waals surface area contributed by atoms with Crippen LogP contribution in [0.25, 0.3) is 11.4 Å². The van der Waals surface area contributed by atoms with Crippen molar-refractivity contribution < 1.29 is 4.79 Å². The minimum atomic E-state index is 0.645. The van der Waals surface area contributed by atoms with Gasteiger partial charge < -0.3 is 5.32 Å². The fourth-order valence-corrected chi connectivity index (χ4v) is 1.26. The second-order valence-electron chi connectivity index (χ2n) is 3.08. The van der Waals surface area contributed by atoms with Crippen molar-refractivity contribution in [3.63, 3.8) is 0 Å². The molecule has 0 spiro atoms. The van der Waals surface area contributed by atoms with E-state index in [4.69, 9.17) is 0 Å². The van der Waals surface area contributed by atoms with E-state index in [0.717, 1.165) is 17.1 Å². The Morgan fingerprint density at radius 1 is 1.33 bits per heavy atom. The normalized spacial score (nSPS) is 9.93. The van der Waals surface area contributed by atoms with E-state index < -0.39 is 0 Å². The van der Waals surface area contributed by atoms with Gasteiger partial charge in [-0.1, -0.05) is 0 Å². The van der Waals surface area contributed by atoms with Crippen LogP contribution in [0.5, 0.6) is 0 Å². The molecule has 1 aromatic heterocycles. The standard InChI is InChI=1S/C10H10N4O/c1-7-12-10(14-13-7)8-2-4-9(5-3-8)11-6-15/h2-6H,1H3,(H,11,15)(H,12,13,14). The third-order valence-electron chi connectivity index (χ3n) is 1.97. The molecule has 2 aromatic rings. The molecule has 0 atom stereocenters. The largest absolute Gasteiger partial charge is 0.329 e. The summed E-state index contributed by atoms with van der Waals surface area (Å²) in [6.07, 6.45) is 0.645. The van der Waals surface area contributed by atoms with E-state index in [1.165, 1.54) is 0 Å². The van der Waals surface area contributed by atoms with Gasteiger partial charge in [-0.3, -0.25) is 9.89 Å². The number of H-pyrrole nitrogens is 1. The Labute approximate surface area is 86.5 Å². The van der Waals surface area contributed by atoms with Gasteiger partial charge in [0.15, 0.2) is 5.82 Å². The summed E-state index contributed by atoms with van der Waals surface area (Å²) in [6, 6.07) is 7.31. The van der Waals surface area contributed by atoms with E-state index >= 15 is 0 Å². The van der Waals surface area contributed by atoms with Crippen molar-refractivity contribution in [3.05, 3.63) is 30.1 Å². The third kappa shape index (κ3) is 2.01. The Kier molecular flexibility index (Phi) is 2.45. The molecule has 0 aliphatic heterocycles. The van der Waals surface area contributed by atoms with Gasteiger partial charge in [0.2, 0.25) is 6.41 Å². The molecule has 0 aliphatic carbocycles. The Balaban J connectivity index is 2.27. The van der Waals surface area contributed by atoms with E-state index in [9.17, 15) is 4.79 Å². The van der Waals surface area contributed by atoms with Gasteiger partial charge in [0.25, 0.3) is 0 Å². The maximum absolute atomic E-state index is 10.2. The summed E-state index contributed by atoms with van der Waals surface area (Å²) in [6.45, 7) is 1.85. The maximum Gasteiger partial charge on any atom is 0.211 e. The van der Waals surface area contributed by atoms with Crippen LogP contribution >= 0.6 is 0 Å². The number of rotatable bonds is 3. The Bertz CT molecular complexity index is 461. The number of anilines is 1. The van der Waals surface area contributed by atoms with E-state index in [0.29, 0.717) is 12.2 Å². The molecule has 0 saturated heterocycles. The monoisotopic (exact) mass is 202 g/mol. The molecule has 0 radical (unpaired) electrons. The second-order valence-corrected chi connectivity index (χ2v) is 3.08. The van der Waals surface area contributed by atoms with E-state index in [2.05, 4.69) is 20.5 Å². The molecule has 2 N–H and O–H groups in total. The molecular formula is C10H10N4O. The van der Waals surface area contributed by atoms with Crippen LogP contribution in [-0.4, -0.2) is 21.6 Å². The first-order valence-corrected chi connectivity index (χ1v) is 4.49. The number of nitrogens with zero attached hydrogens (tertiary/aromatic N) is 2. The zero-order valence-corrected chi connectivity index (χ0v) is 8.19. The van der Waals surface area contributed by atoms with Crippen LogP contribution in [0.4, 0.5) is 5.69 Å². The van der Waals surface area contributed by atoms with Gasteiger partial charge in [-0.15, -0.1) is 0 Å². The van der Waals surface area contributed by atoms with Gasteiger partial charge >= 0.3 is 0 Å². The molecule has 5 heteroatoms. The number of aromatic amines is 1. The summed E-state index contributed by atoms with van der Waals surface area (Å²) in [5.74, 6) is 1.44. The van der Waals surface area contributed by atoms with Gasteiger partial charge in [-0.25, -0.2) is 4.98 Å². The fourth-order valence-electron chi connectivity index (χ4n) is 1.26. The van der Waals surface area contributed by atoms with Crippen molar-refractivity contribution in [1.29, 1.82) is 0 Å². The van der Waals surface area contributed by atoms with Crippen LogP contribution in [0.2, 0.25) is 0 Å². The average molecular weight is 202 g/mol. The number of aryl methyl sites for hydroxylation is 1. The molecule has 1 amide bonds. The second kappa shape index (κ2) is 3.91. The number of aromatic nitrogens is 3. The molecule has 0 fully saturated rings. The molecule has 0 aliphatic rings. The Hall–Kier alpha value is -2.17. The topological polar surface area (TPSA) is 70.7 Å². The molecule has 1 heterocycles. The van der Waals surface area contributed by atoms with Gasteiger partial charge in [0.1, 0.15) is 5.82 Å². The Morgan fingerprint density at radius 3 is 2.60 bits per heavy atom. The first-order valence-electron chi connectivity index (χ1n) is 4.49. The SMILES string of the molecule is Cc1nc(-c2ccc(NC=O)cc2)n[nH]1. The van der Waals surface area contributed by atoms with Gasteiger partial charge in [0.05, 0.1) is 0 Å². The molecular weight excluding hydrogens is 192 g/mol. The fraction of sp³-hybridized carbons (Fsp3) is 0.100. The first kappa shape index (κ1) is 9.39. The average Bonchev–Trinajstić information content (AvgIpc) is 2.67. The van der Waals surface area contributed by atoms with Crippen LogP contribution in [0.3, 0.4) is 0 Å². The van der Waals surface area contributed by atoms with Crippen molar-refractivity contribution in [2.45, 2.75) is 6.92 Å². The molecule has 0 unspecified atom stereocenters. The van der Waals surface area contributed by atoms with Crippen LogP contribution in [0.15, 0.2) is 24.3 Å². The van der Waals surface area contributed by atoms with Gasteiger partial charge in [0, 0.05) is 11.3 Å². The minimum Gasteiger partial charge on any atom is -0.329 e. The summed E-state index contributed by atoms with van der Waals surface area (Å²) in [5.41, 5.74) is 1.66. The third-order valence-corrected chi connectivity index (χ3v) is 1.97. The van der Waals surface area contributed by atoms with E-state index in [1.54, 1.807) is 12.1 Å². The summed E-state index contributed by atoms with van der Waals surface area (Å²) < 4.78 is 0. The first-order chi connectivity index (χ1) is 7.29. The van der Waals surface area contributed by atoms with Crippen molar-refractivity contribution in [2.75, 3.05) is 5.32 Å². The Morgan fingerprint density at radius 2 is 2.07 bits per heavy atom. The lowest BCUT2D eigenvalue weighted by Crippen LogP contribution is -1.92. The van der Waals surface area contributed by atoms with Gasteiger partial charge in [-0.2, -0.15) is 5.10 Å². The minimum absolute atomic E-state index is 0.645. The van der Waals surface area contributed by atoms with Gasteiger partial charge in [-0.05, 0) is 31.2 Å². The predicted molar refractivity (Wildman–Crippen MR) is 56.2 cm³/mol. The zero-order valence-electron chi connectivity index (χ0n) is 8.19. The number of carbonyl (C=O) groups excluding carboxylic acids is 1. The molecule has 5 nitrogen and oxygen atoms in total. The molecule has 2 rings (SSSR count). The molecule has 0 bridgehead atoms. The summed E-state index contributed by atoms with van der Waals surface area (Å²) in [5, 5.41) is 9.37. The van der Waals surface area contributed by atoms with Crippen molar-refractivity contribution in [2.24, 2.45) is 0 Å².